The zero-order chi connectivity index (χ0) is 19.6. The van der Waals surface area contributed by atoms with Gasteiger partial charge in [-0.3, -0.25) is 9.97 Å². The summed E-state index contributed by atoms with van der Waals surface area (Å²) >= 11 is 3.58. The SMILES string of the molecule is Brc1cccc(-c2ccc(-c3cncc(-c4ccccc4)c3)c3cnccc23)c1. The molecule has 0 bridgehead atoms. The standard InChI is InChI=1S/C26H17BrN2/c27-22-8-4-7-19(14-22)23-9-10-24(26-17-28-12-11-25(23)26)21-13-20(15-29-16-21)18-5-2-1-3-6-18/h1-17H. The minimum absolute atomic E-state index is 1.07. The van der Waals surface area contributed by atoms with E-state index in [4.69, 9.17) is 0 Å². The molecule has 3 heteroatoms. The van der Waals surface area contributed by atoms with Crippen LogP contribution in [0.1, 0.15) is 0 Å². The maximum atomic E-state index is 4.51. The fraction of sp³-hybridized carbons (Fsp3) is 0. The van der Waals surface area contributed by atoms with Crippen molar-refractivity contribution in [3.63, 3.8) is 0 Å². The predicted molar refractivity (Wildman–Crippen MR) is 124 cm³/mol. The van der Waals surface area contributed by atoms with Gasteiger partial charge in [0.25, 0.3) is 0 Å². The number of benzene rings is 3. The number of nitrogens with zero attached hydrogens (tertiary/aromatic N) is 2. The first-order valence-corrected chi connectivity index (χ1v) is 10.2. The zero-order valence-electron chi connectivity index (χ0n) is 15.6. The summed E-state index contributed by atoms with van der Waals surface area (Å²) < 4.78 is 1.07. The Hall–Kier alpha value is -3.30. The van der Waals surface area contributed by atoms with E-state index in [0.717, 1.165) is 32.1 Å². The highest BCUT2D eigenvalue weighted by Gasteiger charge is 2.11. The van der Waals surface area contributed by atoms with Gasteiger partial charge in [-0.05, 0) is 51.9 Å². The van der Waals surface area contributed by atoms with Gasteiger partial charge in [0.05, 0.1) is 0 Å². The fourth-order valence-corrected chi connectivity index (χ4v) is 4.12. The van der Waals surface area contributed by atoms with Crippen molar-refractivity contribution in [2.75, 3.05) is 0 Å². The molecule has 0 aliphatic rings. The predicted octanol–water partition coefficient (Wildman–Crippen LogP) is 7.39. The second kappa shape index (κ2) is 7.61. The molecule has 0 saturated heterocycles. The molecule has 0 atom stereocenters. The third kappa shape index (κ3) is 3.45. The first-order chi connectivity index (χ1) is 14.3. The van der Waals surface area contributed by atoms with E-state index in [1.165, 1.54) is 16.5 Å². The summed E-state index contributed by atoms with van der Waals surface area (Å²) in [6.45, 7) is 0. The van der Waals surface area contributed by atoms with Crippen molar-refractivity contribution < 1.29 is 0 Å². The molecule has 138 valence electrons. The molecule has 29 heavy (non-hydrogen) atoms. The van der Waals surface area contributed by atoms with Crippen LogP contribution in [0, 0.1) is 0 Å². The van der Waals surface area contributed by atoms with E-state index in [9.17, 15) is 0 Å². The minimum atomic E-state index is 1.07. The number of halogens is 1. The molecule has 0 fully saturated rings. The second-order valence-electron chi connectivity index (χ2n) is 6.92. The Kier molecular flexibility index (Phi) is 4.66. The number of pyridine rings is 2. The van der Waals surface area contributed by atoms with Gasteiger partial charge in [0.2, 0.25) is 0 Å². The molecule has 5 aromatic rings. The maximum absolute atomic E-state index is 4.51. The summed E-state index contributed by atoms with van der Waals surface area (Å²) in [7, 11) is 0. The summed E-state index contributed by atoms with van der Waals surface area (Å²) in [6.07, 6.45) is 7.63. The van der Waals surface area contributed by atoms with Crippen molar-refractivity contribution in [3.8, 4) is 33.4 Å². The summed E-state index contributed by atoms with van der Waals surface area (Å²) in [5.74, 6) is 0. The molecule has 0 saturated carbocycles. The normalized spacial score (nSPS) is 10.9. The Bertz CT molecular complexity index is 1310. The maximum Gasteiger partial charge on any atom is 0.0352 e. The molecule has 0 amide bonds. The summed E-state index contributed by atoms with van der Waals surface area (Å²) in [4.78, 5) is 8.91. The lowest BCUT2D eigenvalue weighted by Gasteiger charge is -2.12. The van der Waals surface area contributed by atoms with E-state index in [1.807, 2.05) is 49.1 Å². The van der Waals surface area contributed by atoms with Crippen LogP contribution in [0.5, 0.6) is 0 Å². The Morgan fingerprint density at radius 1 is 0.517 bits per heavy atom. The van der Waals surface area contributed by atoms with Gasteiger partial charge < -0.3 is 0 Å². The topological polar surface area (TPSA) is 25.8 Å². The van der Waals surface area contributed by atoms with Crippen LogP contribution in [0.4, 0.5) is 0 Å². The minimum Gasteiger partial charge on any atom is -0.264 e. The van der Waals surface area contributed by atoms with Crippen LogP contribution in [0.3, 0.4) is 0 Å². The average molecular weight is 437 g/mol. The van der Waals surface area contributed by atoms with Crippen molar-refractivity contribution in [2.45, 2.75) is 0 Å². The molecular formula is C26H17BrN2. The third-order valence-corrected chi connectivity index (χ3v) is 5.60. The van der Waals surface area contributed by atoms with Gasteiger partial charge in [-0.15, -0.1) is 0 Å². The van der Waals surface area contributed by atoms with Crippen LogP contribution < -0.4 is 0 Å². The van der Waals surface area contributed by atoms with Gasteiger partial charge in [-0.25, -0.2) is 0 Å². The third-order valence-electron chi connectivity index (χ3n) is 5.11. The largest absolute Gasteiger partial charge is 0.264 e. The molecular weight excluding hydrogens is 420 g/mol. The smallest absolute Gasteiger partial charge is 0.0352 e. The highest BCUT2D eigenvalue weighted by molar-refractivity contribution is 9.10. The molecule has 0 N–H and O–H groups in total. The lowest BCUT2D eigenvalue weighted by Crippen LogP contribution is -1.89. The van der Waals surface area contributed by atoms with Gasteiger partial charge in [0, 0.05) is 45.8 Å². The van der Waals surface area contributed by atoms with Crippen molar-refractivity contribution in [2.24, 2.45) is 0 Å². The van der Waals surface area contributed by atoms with Gasteiger partial charge in [-0.1, -0.05) is 70.5 Å². The van der Waals surface area contributed by atoms with Crippen LogP contribution in [-0.2, 0) is 0 Å². The number of hydrogen-bond acceptors (Lipinski definition) is 2. The number of aromatic nitrogens is 2. The van der Waals surface area contributed by atoms with E-state index in [1.54, 1.807) is 0 Å². The van der Waals surface area contributed by atoms with Crippen molar-refractivity contribution in [1.29, 1.82) is 0 Å². The van der Waals surface area contributed by atoms with Gasteiger partial charge in [0.15, 0.2) is 0 Å². The molecule has 0 unspecified atom stereocenters. The first-order valence-electron chi connectivity index (χ1n) is 9.43. The molecule has 0 radical (unpaired) electrons. The molecule has 0 aliphatic heterocycles. The zero-order valence-corrected chi connectivity index (χ0v) is 17.2. The monoisotopic (exact) mass is 436 g/mol. The molecule has 0 aliphatic carbocycles. The van der Waals surface area contributed by atoms with E-state index < -0.39 is 0 Å². The van der Waals surface area contributed by atoms with Crippen molar-refractivity contribution in [3.05, 3.63) is 108 Å². The summed E-state index contributed by atoms with van der Waals surface area (Å²) in [5.41, 5.74) is 6.87. The molecule has 5 rings (SSSR count). The highest BCUT2D eigenvalue weighted by Crippen LogP contribution is 2.36. The molecule has 2 aromatic heterocycles. The second-order valence-corrected chi connectivity index (χ2v) is 7.84. The van der Waals surface area contributed by atoms with Crippen molar-refractivity contribution in [1.82, 2.24) is 9.97 Å². The van der Waals surface area contributed by atoms with Crippen LogP contribution in [0.2, 0.25) is 0 Å². The summed E-state index contributed by atoms with van der Waals surface area (Å²) in [6, 6.07) is 27.4. The molecule has 0 spiro atoms. The Labute approximate surface area is 178 Å². The quantitative estimate of drug-likeness (QED) is 0.294. The van der Waals surface area contributed by atoms with Crippen LogP contribution in [0.15, 0.2) is 108 Å². The lowest BCUT2D eigenvalue weighted by molar-refractivity contribution is 1.33. The number of fused-ring (bicyclic) bond motifs is 1. The van der Waals surface area contributed by atoms with E-state index in [0.29, 0.717) is 0 Å². The van der Waals surface area contributed by atoms with Crippen molar-refractivity contribution >= 4 is 26.7 Å². The molecule has 2 nitrogen and oxygen atoms in total. The van der Waals surface area contributed by atoms with Crippen LogP contribution in [-0.4, -0.2) is 9.97 Å². The Morgan fingerprint density at radius 3 is 2.10 bits per heavy atom. The lowest BCUT2D eigenvalue weighted by atomic mass is 9.93. The fourth-order valence-electron chi connectivity index (χ4n) is 3.73. The van der Waals surface area contributed by atoms with E-state index in [2.05, 4.69) is 80.5 Å². The van der Waals surface area contributed by atoms with Gasteiger partial charge >= 0.3 is 0 Å². The van der Waals surface area contributed by atoms with Gasteiger partial charge in [0.1, 0.15) is 0 Å². The number of hydrogen-bond donors (Lipinski definition) is 0. The summed E-state index contributed by atoms with van der Waals surface area (Å²) in [5, 5.41) is 2.30. The first kappa shape index (κ1) is 17.8. The van der Waals surface area contributed by atoms with E-state index >= 15 is 0 Å². The number of rotatable bonds is 3. The van der Waals surface area contributed by atoms with Crippen LogP contribution in [0.25, 0.3) is 44.2 Å². The Morgan fingerprint density at radius 2 is 1.28 bits per heavy atom. The highest BCUT2D eigenvalue weighted by atomic mass is 79.9. The van der Waals surface area contributed by atoms with E-state index in [-0.39, 0.29) is 0 Å². The average Bonchev–Trinajstić information content (AvgIpc) is 2.79. The Balaban J connectivity index is 1.69. The molecule has 2 heterocycles. The van der Waals surface area contributed by atoms with Gasteiger partial charge in [-0.2, -0.15) is 0 Å². The molecule has 3 aromatic carbocycles. The van der Waals surface area contributed by atoms with Crippen LogP contribution >= 0.6 is 15.9 Å².